The maximum Gasteiger partial charge on any atom is 0.243 e. The third-order valence-electron chi connectivity index (χ3n) is 3.26. The standard InChI is InChI=1S/C15H13F2NO4S/c16-11-2-3-12(17)15(8-11)23(19,20)18-9-10-1-4-13-14(7-10)22-6-5-21-13/h1-4,7-8,18H,5-6,9H2. The van der Waals surface area contributed by atoms with Crippen molar-refractivity contribution in [3.8, 4) is 11.5 Å². The van der Waals surface area contributed by atoms with Gasteiger partial charge >= 0.3 is 0 Å². The molecule has 0 saturated heterocycles. The Morgan fingerprint density at radius 1 is 1.00 bits per heavy atom. The number of rotatable bonds is 4. The molecule has 0 saturated carbocycles. The fraction of sp³-hybridized carbons (Fsp3) is 0.200. The van der Waals surface area contributed by atoms with Gasteiger partial charge in [0.25, 0.3) is 0 Å². The van der Waals surface area contributed by atoms with Crippen LogP contribution in [-0.2, 0) is 16.6 Å². The van der Waals surface area contributed by atoms with E-state index in [-0.39, 0.29) is 6.54 Å². The molecule has 0 radical (unpaired) electrons. The molecule has 2 aromatic carbocycles. The largest absolute Gasteiger partial charge is 0.486 e. The van der Waals surface area contributed by atoms with Gasteiger partial charge in [-0.25, -0.2) is 21.9 Å². The summed E-state index contributed by atoms with van der Waals surface area (Å²) in [4.78, 5) is -0.727. The number of ether oxygens (including phenoxy) is 2. The lowest BCUT2D eigenvalue weighted by atomic mass is 10.2. The second-order valence-electron chi connectivity index (χ2n) is 4.88. The number of hydrogen-bond donors (Lipinski definition) is 1. The summed E-state index contributed by atoms with van der Waals surface area (Å²) in [5.74, 6) is -0.740. The second kappa shape index (κ2) is 6.13. The van der Waals surface area contributed by atoms with Gasteiger partial charge in [-0.15, -0.1) is 0 Å². The minimum absolute atomic E-state index is 0.0884. The highest BCUT2D eigenvalue weighted by molar-refractivity contribution is 7.89. The molecule has 0 fully saturated rings. The van der Waals surface area contributed by atoms with Gasteiger partial charge in [-0.3, -0.25) is 0 Å². The number of sulfonamides is 1. The first kappa shape index (κ1) is 15.7. The summed E-state index contributed by atoms with van der Waals surface area (Å²) < 4.78 is 63.9. The van der Waals surface area contributed by atoms with Gasteiger partial charge in [0.05, 0.1) is 0 Å². The summed E-state index contributed by atoms with van der Waals surface area (Å²) in [7, 11) is -4.17. The highest BCUT2D eigenvalue weighted by atomic mass is 32.2. The lowest BCUT2D eigenvalue weighted by Gasteiger charge is -2.19. The van der Waals surface area contributed by atoms with Crippen LogP contribution < -0.4 is 14.2 Å². The molecule has 1 N–H and O–H groups in total. The fourth-order valence-electron chi connectivity index (χ4n) is 2.14. The molecule has 5 nitrogen and oxygen atoms in total. The van der Waals surface area contributed by atoms with E-state index in [1.807, 2.05) is 0 Å². The first-order valence-electron chi connectivity index (χ1n) is 6.79. The zero-order valence-corrected chi connectivity index (χ0v) is 12.7. The predicted molar refractivity (Wildman–Crippen MR) is 77.8 cm³/mol. The van der Waals surface area contributed by atoms with Crippen molar-refractivity contribution in [1.29, 1.82) is 0 Å². The van der Waals surface area contributed by atoms with E-state index in [1.54, 1.807) is 18.2 Å². The number of nitrogens with one attached hydrogen (secondary N) is 1. The molecule has 0 aromatic heterocycles. The van der Waals surface area contributed by atoms with E-state index in [4.69, 9.17) is 9.47 Å². The molecule has 0 unspecified atom stereocenters. The van der Waals surface area contributed by atoms with Crippen LogP contribution in [0.2, 0.25) is 0 Å². The van der Waals surface area contributed by atoms with Crippen molar-refractivity contribution in [3.63, 3.8) is 0 Å². The van der Waals surface area contributed by atoms with Gasteiger partial charge in [-0.1, -0.05) is 6.07 Å². The number of fused-ring (bicyclic) bond motifs is 1. The van der Waals surface area contributed by atoms with Crippen LogP contribution in [0, 0.1) is 11.6 Å². The zero-order chi connectivity index (χ0) is 16.4. The quantitative estimate of drug-likeness (QED) is 0.926. The van der Waals surface area contributed by atoms with Crippen molar-refractivity contribution in [3.05, 3.63) is 53.6 Å². The summed E-state index contributed by atoms with van der Waals surface area (Å²) in [6, 6.07) is 7.24. The van der Waals surface area contributed by atoms with Crippen LogP contribution in [0.5, 0.6) is 11.5 Å². The molecule has 2 aromatic rings. The van der Waals surface area contributed by atoms with Gasteiger partial charge in [0, 0.05) is 6.54 Å². The minimum atomic E-state index is -4.17. The van der Waals surface area contributed by atoms with E-state index in [2.05, 4.69) is 4.72 Å². The molecule has 0 bridgehead atoms. The first-order valence-corrected chi connectivity index (χ1v) is 8.27. The smallest absolute Gasteiger partial charge is 0.243 e. The van der Waals surface area contributed by atoms with Gasteiger partial charge < -0.3 is 9.47 Å². The molecule has 1 heterocycles. The number of halogens is 2. The van der Waals surface area contributed by atoms with Gasteiger partial charge in [0.2, 0.25) is 10.0 Å². The second-order valence-corrected chi connectivity index (χ2v) is 6.61. The van der Waals surface area contributed by atoms with Crippen molar-refractivity contribution >= 4 is 10.0 Å². The summed E-state index contributed by atoms with van der Waals surface area (Å²) >= 11 is 0. The fourth-order valence-corrected chi connectivity index (χ4v) is 3.24. The molecule has 3 rings (SSSR count). The summed E-state index contributed by atoms with van der Waals surface area (Å²) in [5.41, 5.74) is 0.606. The Morgan fingerprint density at radius 3 is 2.52 bits per heavy atom. The molecular weight excluding hydrogens is 328 g/mol. The lowest BCUT2D eigenvalue weighted by molar-refractivity contribution is 0.171. The Hall–Kier alpha value is -2.19. The summed E-state index contributed by atoms with van der Waals surface area (Å²) in [6.45, 7) is 0.781. The Labute approximate surface area is 131 Å². The lowest BCUT2D eigenvalue weighted by Crippen LogP contribution is -2.24. The molecule has 0 atom stereocenters. The monoisotopic (exact) mass is 341 g/mol. The molecule has 0 spiro atoms. The van der Waals surface area contributed by atoms with E-state index in [0.717, 1.165) is 12.1 Å². The third kappa shape index (κ3) is 3.43. The van der Waals surface area contributed by atoms with Crippen molar-refractivity contribution in [2.24, 2.45) is 0 Å². The molecule has 1 aliphatic heterocycles. The molecule has 23 heavy (non-hydrogen) atoms. The highest BCUT2D eigenvalue weighted by Crippen LogP contribution is 2.30. The molecular formula is C15H13F2NO4S. The normalized spacial score (nSPS) is 13.8. The average Bonchev–Trinajstić information content (AvgIpc) is 2.55. The zero-order valence-electron chi connectivity index (χ0n) is 11.9. The molecule has 8 heteroatoms. The van der Waals surface area contributed by atoms with E-state index in [0.29, 0.717) is 36.3 Å². The van der Waals surface area contributed by atoms with Crippen LogP contribution in [0.15, 0.2) is 41.3 Å². The van der Waals surface area contributed by atoms with Crippen molar-refractivity contribution in [2.45, 2.75) is 11.4 Å². The summed E-state index contributed by atoms with van der Waals surface area (Å²) in [5, 5.41) is 0. The van der Waals surface area contributed by atoms with E-state index >= 15 is 0 Å². The Balaban J connectivity index is 1.78. The van der Waals surface area contributed by atoms with E-state index in [1.165, 1.54) is 0 Å². The summed E-state index contributed by atoms with van der Waals surface area (Å²) in [6.07, 6.45) is 0. The Morgan fingerprint density at radius 2 is 1.74 bits per heavy atom. The van der Waals surface area contributed by atoms with Crippen LogP contribution in [-0.4, -0.2) is 21.6 Å². The van der Waals surface area contributed by atoms with Crippen molar-refractivity contribution in [1.82, 2.24) is 4.72 Å². The van der Waals surface area contributed by atoms with Crippen LogP contribution in [0.3, 0.4) is 0 Å². The molecule has 0 amide bonds. The number of hydrogen-bond acceptors (Lipinski definition) is 4. The van der Waals surface area contributed by atoms with E-state index < -0.39 is 26.6 Å². The Bertz CT molecular complexity index is 839. The van der Waals surface area contributed by atoms with Gasteiger partial charge in [0.15, 0.2) is 11.5 Å². The SMILES string of the molecule is O=S(=O)(NCc1ccc2c(c1)OCCO2)c1cc(F)ccc1F. The molecule has 1 aliphatic rings. The maximum atomic E-state index is 13.6. The van der Waals surface area contributed by atoms with Crippen LogP contribution in [0.25, 0.3) is 0 Å². The van der Waals surface area contributed by atoms with Gasteiger partial charge in [-0.05, 0) is 35.9 Å². The Kier molecular flexibility index (Phi) is 4.18. The highest BCUT2D eigenvalue weighted by Gasteiger charge is 2.20. The third-order valence-corrected chi connectivity index (χ3v) is 4.67. The number of benzene rings is 2. The molecule has 0 aliphatic carbocycles. The van der Waals surface area contributed by atoms with Gasteiger partial charge in [-0.2, -0.15) is 0 Å². The average molecular weight is 341 g/mol. The van der Waals surface area contributed by atoms with Crippen molar-refractivity contribution in [2.75, 3.05) is 13.2 Å². The topological polar surface area (TPSA) is 64.6 Å². The van der Waals surface area contributed by atoms with Crippen LogP contribution in [0.1, 0.15) is 5.56 Å². The predicted octanol–water partition coefficient (Wildman–Crippen LogP) is 2.21. The van der Waals surface area contributed by atoms with Gasteiger partial charge in [0.1, 0.15) is 29.7 Å². The van der Waals surface area contributed by atoms with E-state index in [9.17, 15) is 17.2 Å². The van der Waals surface area contributed by atoms with Crippen molar-refractivity contribution < 1.29 is 26.7 Å². The maximum absolute atomic E-state index is 13.6. The van der Waals surface area contributed by atoms with Crippen LogP contribution >= 0.6 is 0 Å². The first-order chi connectivity index (χ1) is 11.0. The minimum Gasteiger partial charge on any atom is -0.486 e. The van der Waals surface area contributed by atoms with Crippen LogP contribution in [0.4, 0.5) is 8.78 Å². The molecule has 122 valence electrons.